The molecule has 3 nitrogen and oxygen atoms in total. The van der Waals surface area contributed by atoms with Crippen molar-refractivity contribution >= 4 is 11.5 Å². The molecule has 1 aromatic rings. The number of nitrogens with zero attached hydrogens (tertiary/aromatic N) is 1. The molecule has 0 bridgehead atoms. The van der Waals surface area contributed by atoms with Gasteiger partial charge in [-0.05, 0) is 25.3 Å². The zero-order valence-electron chi connectivity index (χ0n) is 11.1. The van der Waals surface area contributed by atoms with Crippen LogP contribution in [0.1, 0.15) is 32.6 Å². The fourth-order valence-corrected chi connectivity index (χ4v) is 1.57. The Bertz CT molecular complexity index is 366. The Hall–Kier alpha value is -1.46. The van der Waals surface area contributed by atoms with Gasteiger partial charge in [0.15, 0.2) is 0 Å². The highest BCUT2D eigenvalue weighted by Gasteiger charge is 2.25. The van der Waals surface area contributed by atoms with Gasteiger partial charge in [0.25, 0.3) is 0 Å². The third kappa shape index (κ3) is 7.54. The van der Waals surface area contributed by atoms with Crippen LogP contribution in [0.4, 0.5) is 24.7 Å². The monoisotopic (exact) mass is 275 g/mol. The quantitative estimate of drug-likeness (QED) is 0.703. The largest absolute Gasteiger partial charge is 0.389 e. The van der Waals surface area contributed by atoms with E-state index in [0.29, 0.717) is 13.0 Å². The average molecular weight is 275 g/mol. The van der Waals surface area contributed by atoms with Crippen LogP contribution in [-0.4, -0.2) is 24.2 Å². The van der Waals surface area contributed by atoms with Crippen LogP contribution in [0.3, 0.4) is 0 Å². The summed E-state index contributed by atoms with van der Waals surface area (Å²) in [5.41, 5.74) is 0.876. The van der Waals surface area contributed by atoms with Crippen LogP contribution in [0.15, 0.2) is 18.3 Å². The molecule has 0 radical (unpaired) electrons. The van der Waals surface area contributed by atoms with Crippen molar-refractivity contribution in [1.29, 1.82) is 0 Å². The summed E-state index contributed by atoms with van der Waals surface area (Å²) in [4.78, 5) is 4.15. The van der Waals surface area contributed by atoms with Crippen molar-refractivity contribution in [2.24, 2.45) is 0 Å². The second-order valence-electron chi connectivity index (χ2n) is 4.36. The number of rotatable bonds is 8. The van der Waals surface area contributed by atoms with Gasteiger partial charge in [0.1, 0.15) is 5.82 Å². The Morgan fingerprint density at radius 1 is 1.16 bits per heavy atom. The number of hydrogen-bond acceptors (Lipinski definition) is 3. The summed E-state index contributed by atoms with van der Waals surface area (Å²) >= 11 is 0. The van der Waals surface area contributed by atoms with Gasteiger partial charge in [0.05, 0.1) is 0 Å². The summed E-state index contributed by atoms with van der Waals surface area (Å²) < 4.78 is 35.8. The van der Waals surface area contributed by atoms with Gasteiger partial charge in [-0.3, -0.25) is 0 Å². The minimum atomic E-state index is -4.05. The molecule has 19 heavy (non-hydrogen) atoms. The molecule has 0 saturated carbocycles. The standard InChI is InChI=1S/C13H20F3N3/c1-2-7-18-12-10-11(5-9-19-12)17-8-4-3-6-13(14,15)16/h5,9-10H,2-4,6-8H2,1H3,(H2,17,18,19). The first kappa shape index (κ1) is 15.6. The SMILES string of the molecule is CCCNc1cc(NCCCCC(F)(F)F)ccn1. The smallest absolute Gasteiger partial charge is 0.385 e. The highest BCUT2D eigenvalue weighted by atomic mass is 19.4. The van der Waals surface area contributed by atoms with Crippen LogP contribution in [0.25, 0.3) is 0 Å². The lowest BCUT2D eigenvalue weighted by Crippen LogP contribution is -2.09. The third-order valence-electron chi connectivity index (χ3n) is 2.53. The lowest BCUT2D eigenvalue weighted by atomic mass is 10.2. The minimum absolute atomic E-state index is 0.155. The van der Waals surface area contributed by atoms with E-state index in [9.17, 15) is 13.2 Å². The molecule has 108 valence electrons. The van der Waals surface area contributed by atoms with E-state index >= 15 is 0 Å². The summed E-state index contributed by atoms with van der Waals surface area (Å²) in [6.07, 6.45) is -1.42. The molecule has 0 aliphatic heterocycles. The number of hydrogen-bond donors (Lipinski definition) is 2. The van der Waals surface area contributed by atoms with Crippen molar-refractivity contribution in [3.8, 4) is 0 Å². The maximum absolute atomic E-state index is 11.9. The number of anilines is 2. The van der Waals surface area contributed by atoms with E-state index in [2.05, 4.69) is 22.5 Å². The summed E-state index contributed by atoms with van der Waals surface area (Å²) in [5.74, 6) is 0.780. The number of nitrogens with one attached hydrogen (secondary N) is 2. The molecule has 0 amide bonds. The number of halogens is 3. The summed E-state index contributed by atoms with van der Waals surface area (Å²) in [6, 6.07) is 3.67. The van der Waals surface area contributed by atoms with E-state index in [0.717, 1.165) is 24.5 Å². The molecule has 0 spiro atoms. The normalized spacial score (nSPS) is 11.4. The lowest BCUT2D eigenvalue weighted by molar-refractivity contribution is -0.135. The van der Waals surface area contributed by atoms with Crippen LogP contribution in [-0.2, 0) is 0 Å². The van der Waals surface area contributed by atoms with E-state index in [-0.39, 0.29) is 6.42 Å². The van der Waals surface area contributed by atoms with E-state index in [1.165, 1.54) is 0 Å². The van der Waals surface area contributed by atoms with E-state index in [1.54, 1.807) is 12.3 Å². The van der Waals surface area contributed by atoms with Gasteiger partial charge in [-0.1, -0.05) is 6.92 Å². The van der Waals surface area contributed by atoms with Crippen molar-refractivity contribution in [2.45, 2.75) is 38.8 Å². The summed E-state index contributed by atoms with van der Waals surface area (Å²) in [6.45, 7) is 3.45. The molecule has 1 heterocycles. The van der Waals surface area contributed by atoms with Gasteiger partial charge in [-0.25, -0.2) is 4.98 Å². The second-order valence-corrected chi connectivity index (χ2v) is 4.36. The van der Waals surface area contributed by atoms with Crippen molar-refractivity contribution < 1.29 is 13.2 Å². The fraction of sp³-hybridized carbons (Fsp3) is 0.615. The van der Waals surface area contributed by atoms with Crippen LogP contribution in [0.2, 0.25) is 0 Å². The topological polar surface area (TPSA) is 37.0 Å². The van der Waals surface area contributed by atoms with E-state index in [1.807, 2.05) is 6.07 Å². The Morgan fingerprint density at radius 2 is 1.95 bits per heavy atom. The minimum Gasteiger partial charge on any atom is -0.385 e. The molecule has 6 heteroatoms. The summed E-state index contributed by atoms with van der Waals surface area (Å²) in [5, 5.41) is 6.26. The van der Waals surface area contributed by atoms with Gasteiger partial charge in [-0.15, -0.1) is 0 Å². The van der Waals surface area contributed by atoms with Gasteiger partial charge >= 0.3 is 6.18 Å². The van der Waals surface area contributed by atoms with Gasteiger partial charge in [-0.2, -0.15) is 13.2 Å². The zero-order valence-corrected chi connectivity index (χ0v) is 11.1. The molecule has 1 rings (SSSR count). The van der Waals surface area contributed by atoms with Crippen LogP contribution in [0.5, 0.6) is 0 Å². The fourth-order valence-electron chi connectivity index (χ4n) is 1.57. The van der Waals surface area contributed by atoms with E-state index < -0.39 is 12.6 Å². The van der Waals surface area contributed by atoms with Gasteiger partial charge in [0, 0.05) is 37.5 Å². The van der Waals surface area contributed by atoms with Crippen LogP contribution < -0.4 is 10.6 Å². The third-order valence-corrected chi connectivity index (χ3v) is 2.53. The summed E-state index contributed by atoms with van der Waals surface area (Å²) in [7, 11) is 0. The predicted octanol–water partition coefficient (Wildman–Crippen LogP) is 4.05. The second kappa shape index (κ2) is 7.86. The van der Waals surface area contributed by atoms with Crippen molar-refractivity contribution in [3.05, 3.63) is 18.3 Å². The predicted molar refractivity (Wildman–Crippen MR) is 71.4 cm³/mol. The Balaban J connectivity index is 2.25. The van der Waals surface area contributed by atoms with Crippen LogP contribution in [0, 0.1) is 0 Å². The van der Waals surface area contributed by atoms with Gasteiger partial charge < -0.3 is 10.6 Å². The van der Waals surface area contributed by atoms with Crippen molar-refractivity contribution in [1.82, 2.24) is 4.98 Å². The van der Waals surface area contributed by atoms with Gasteiger partial charge in [0.2, 0.25) is 0 Å². The molecule has 0 atom stereocenters. The number of alkyl halides is 3. The first-order valence-corrected chi connectivity index (χ1v) is 6.52. The molecule has 0 aromatic carbocycles. The molecule has 0 fully saturated rings. The molecule has 0 aliphatic carbocycles. The van der Waals surface area contributed by atoms with Crippen molar-refractivity contribution in [2.75, 3.05) is 23.7 Å². The Kier molecular flexibility index (Phi) is 6.45. The highest BCUT2D eigenvalue weighted by molar-refractivity contribution is 5.51. The first-order valence-electron chi connectivity index (χ1n) is 6.52. The molecule has 1 aromatic heterocycles. The lowest BCUT2D eigenvalue weighted by Gasteiger charge is -2.09. The first-order chi connectivity index (χ1) is 9.01. The molecule has 0 saturated heterocycles. The zero-order chi connectivity index (χ0) is 14.1. The Labute approximate surface area is 111 Å². The maximum atomic E-state index is 11.9. The van der Waals surface area contributed by atoms with Crippen LogP contribution >= 0.6 is 0 Å². The maximum Gasteiger partial charge on any atom is 0.389 e. The molecular formula is C13H20F3N3. The van der Waals surface area contributed by atoms with E-state index in [4.69, 9.17) is 0 Å². The number of pyridine rings is 1. The Morgan fingerprint density at radius 3 is 2.63 bits per heavy atom. The molecule has 2 N–H and O–H groups in total. The van der Waals surface area contributed by atoms with Crippen molar-refractivity contribution in [3.63, 3.8) is 0 Å². The average Bonchev–Trinajstić information content (AvgIpc) is 2.35. The number of unbranched alkanes of at least 4 members (excludes halogenated alkanes) is 1. The molecule has 0 aliphatic rings. The molecule has 0 unspecified atom stereocenters. The highest BCUT2D eigenvalue weighted by Crippen LogP contribution is 2.22. The number of aromatic nitrogens is 1. The molecular weight excluding hydrogens is 255 g/mol.